The highest BCUT2D eigenvalue weighted by molar-refractivity contribution is 4.88. The Morgan fingerprint density at radius 2 is 1.70 bits per heavy atom. The minimum atomic E-state index is 0.714. The smallest absolute Gasteiger partial charge is 0.0250 e. The number of piperazine rings is 1. The van der Waals surface area contributed by atoms with E-state index in [0.29, 0.717) is 6.04 Å². The van der Waals surface area contributed by atoms with Crippen molar-refractivity contribution in [3.63, 3.8) is 0 Å². The van der Waals surface area contributed by atoms with Crippen LogP contribution < -0.4 is 5.32 Å². The molecule has 1 aliphatic heterocycles. The van der Waals surface area contributed by atoms with E-state index in [-0.39, 0.29) is 0 Å². The highest BCUT2D eigenvalue weighted by Crippen LogP contribution is 2.23. The topological polar surface area (TPSA) is 21.8 Å². The molecule has 2 atom stereocenters. The van der Waals surface area contributed by atoms with Gasteiger partial charge in [-0.05, 0) is 34.0 Å². The summed E-state index contributed by atoms with van der Waals surface area (Å²) >= 11 is 0. The van der Waals surface area contributed by atoms with Crippen molar-refractivity contribution in [1.29, 1.82) is 0 Å². The molecule has 0 aromatic rings. The third kappa shape index (κ3) is 4.69. The summed E-state index contributed by atoms with van der Waals surface area (Å²) in [6, 6.07) is 1.49. The van der Waals surface area contributed by atoms with Crippen LogP contribution in [0.2, 0.25) is 0 Å². The van der Waals surface area contributed by atoms with Crippen molar-refractivity contribution < 1.29 is 0 Å². The Kier molecular flexibility index (Phi) is 6.75. The van der Waals surface area contributed by atoms with Crippen LogP contribution in [0.15, 0.2) is 0 Å². The monoisotopic (exact) mass is 282 g/mol. The van der Waals surface area contributed by atoms with Crippen LogP contribution in [-0.4, -0.2) is 87.2 Å². The molecule has 1 saturated heterocycles. The van der Waals surface area contributed by atoms with Gasteiger partial charge in [-0.1, -0.05) is 19.3 Å². The molecule has 2 fully saturated rings. The molecular formula is C16H34N4. The maximum absolute atomic E-state index is 3.58. The first-order valence-corrected chi connectivity index (χ1v) is 8.49. The van der Waals surface area contributed by atoms with Gasteiger partial charge in [0, 0.05) is 51.4 Å². The molecule has 0 amide bonds. The highest BCUT2D eigenvalue weighted by atomic mass is 15.3. The summed E-state index contributed by atoms with van der Waals surface area (Å²) in [5, 5.41) is 3.58. The summed E-state index contributed by atoms with van der Waals surface area (Å²) in [4.78, 5) is 7.68. The molecule has 4 nitrogen and oxygen atoms in total. The van der Waals surface area contributed by atoms with Gasteiger partial charge >= 0.3 is 0 Å². The van der Waals surface area contributed by atoms with Gasteiger partial charge in [0.2, 0.25) is 0 Å². The molecule has 0 aromatic carbocycles. The molecule has 4 heteroatoms. The van der Waals surface area contributed by atoms with Crippen molar-refractivity contribution in [3.05, 3.63) is 0 Å². The van der Waals surface area contributed by atoms with Crippen molar-refractivity contribution in [3.8, 4) is 0 Å². The van der Waals surface area contributed by atoms with Gasteiger partial charge in [0.1, 0.15) is 0 Å². The largest absolute Gasteiger partial charge is 0.315 e. The van der Waals surface area contributed by atoms with Crippen molar-refractivity contribution in [2.75, 3.05) is 60.4 Å². The van der Waals surface area contributed by atoms with Gasteiger partial charge in [-0.2, -0.15) is 0 Å². The average molecular weight is 282 g/mol. The van der Waals surface area contributed by atoms with Crippen LogP contribution in [0.1, 0.15) is 32.1 Å². The van der Waals surface area contributed by atoms with Gasteiger partial charge in [-0.25, -0.2) is 0 Å². The number of hydrogen-bond donors (Lipinski definition) is 1. The van der Waals surface area contributed by atoms with Gasteiger partial charge in [0.05, 0.1) is 0 Å². The van der Waals surface area contributed by atoms with E-state index in [1.54, 1.807) is 0 Å². The van der Waals surface area contributed by atoms with Crippen LogP contribution in [0.4, 0.5) is 0 Å². The molecule has 1 N–H and O–H groups in total. The summed E-state index contributed by atoms with van der Waals surface area (Å²) in [6.45, 7) is 7.43. The second-order valence-corrected chi connectivity index (χ2v) is 6.78. The fraction of sp³-hybridized carbons (Fsp3) is 1.00. The Labute approximate surface area is 125 Å². The van der Waals surface area contributed by atoms with E-state index >= 15 is 0 Å². The van der Waals surface area contributed by atoms with Gasteiger partial charge in [0.25, 0.3) is 0 Å². The summed E-state index contributed by atoms with van der Waals surface area (Å²) in [6.07, 6.45) is 7.01. The molecule has 1 aliphatic carbocycles. The Morgan fingerprint density at radius 1 is 1.00 bits per heavy atom. The number of likely N-dealkylation sites (N-methyl/N-ethyl adjacent to an activating group) is 2. The lowest BCUT2D eigenvalue weighted by Crippen LogP contribution is -2.56. The molecule has 0 bridgehead atoms. The zero-order chi connectivity index (χ0) is 14.4. The Balaban J connectivity index is 1.79. The predicted octanol–water partition coefficient (Wildman–Crippen LogP) is 1.09. The Bertz CT molecular complexity index is 261. The minimum absolute atomic E-state index is 0.714. The summed E-state index contributed by atoms with van der Waals surface area (Å²) in [5.41, 5.74) is 0. The molecule has 2 rings (SSSR count). The van der Waals surface area contributed by atoms with Crippen LogP contribution >= 0.6 is 0 Å². The standard InChI is InChI=1S/C16H34N4/c1-17-15-7-5-4-6-8-16(15)20-13-11-19(12-14-20)10-9-18(2)3/h15-17H,4-14H2,1-3H3. The lowest BCUT2D eigenvalue weighted by Gasteiger charge is -2.42. The van der Waals surface area contributed by atoms with E-state index in [1.165, 1.54) is 71.4 Å². The number of nitrogens with one attached hydrogen (secondary N) is 1. The molecular weight excluding hydrogens is 248 g/mol. The van der Waals surface area contributed by atoms with Gasteiger partial charge < -0.3 is 10.2 Å². The van der Waals surface area contributed by atoms with E-state index < -0.39 is 0 Å². The SMILES string of the molecule is CNC1CCCCCC1N1CCN(CCN(C)C)CC1. The second-order valence-electron chi connectivity index (χ2n) is 6.78. The van der Waals surface area contributed by atoms with Gasteiger partial charge in [0.15, 0.2) is 0 Å². The van der Waals surface area contributed by atoms with Gasteiger partial charge in [-0.15, -0.1) is 0 Å². The van der Waals surface area contributed by atoms with E-state index in [4.69, 9.17) is 0 Å². The fourth-order valence-corrected chi connectivity index (χ4v) is 3.72. The molecule has 0 radical (unpaired) electrons. The second kappa shape index (κ2) is 8.32. The predicted molar refractivity (Wildman–Crippen MR) is 86.3 cm³/mol. The number of hydrogen-bond acceptors (Lipinski definition) is 4. The molecule has 0 aromatic heterocycles. The van der Waals surface area contributed by atoms with Crippen molar-refractivity contribution in [1.82, 2.24) is 20.0 Å². The molecule has 0 spiro atoms. The van der Waals surface area contributed by atoms with E-state index in [9.17, 15) is 0 Å². The van der Waals surface area contributed by atoms with Crippen LogP contribution in [-0.2, 0) is 0 Å². The van der Waals surface area contributed by atoms with Crippen LogP contribution in [0, 0.1) is 0 Å². The summed E-state index contributed by atoms with van der Waals surface area (Å²) in [7, 11) is 6.48. The number of rotatable bonds is 5. The quantitative estimate of drug-likeness (QED) is 0.762. The molecule has 20 heavy (non-hydrogen) atoms. The molecule has 2 unspecified atom stereocenters. The van der Waals surface area contributed by atoms with Crippen LogP contribution in [0.3, 0.4) is 0 Å². The lowest BCUT2D eigenvalue weighted by atomic mass is 10.0. The zero-order valence-electron chi connectivity index (χ0n) is 13.8. The van der Waals surface area contributed by atoms with E-state index in [2.05, 4.69) is 41.2 Å². The molecule has 2 aliphatic rings. The number of nitrogens with zero attached hydrogens (tertiary/aromatic N) is 3. The molecule has 118 valence electrons. The average Bonchev–Trinajstić information content (AvgIpc) is 2.70. The fourth-order valence-electron chi connectivity index (χ4n) is 3.72. The zero-order valence-corrected chi connectivity index (χ0v) is 13.8. The third-order valence-corrected chi connectivity index (χ3v) is 5.09. The van der Waals surface area contributed by atoms with Gasteiger partial charge in [-0.3, -0.25) is 9.80 Å². The Hall–Kier alpha value is -0.160. The first-order valence-electron chi connectivity index (χ1n) is 8.49. The summed E-state index contributed by atoms with van der Waals surface area (Å²) < 4.78 is 0. The van der Waals surface area contributed by atoms with Crippen LogP contribution in [0.5, 0.6) is 0 Å². The third-order valence-electron chi connectivity index (χ3n) is 5.09. The van der Waals surface area contributed by atoms with E-state index in [1.807, 2.05) is 0 Å². The normalized spacial score (nSPS) is 30.6. The maximum Gasteiger partial charge on any atom is 0.0250 e. The van der Waals surface area contributed by atoms with Crippen molar-refractivity contribution >= 4 is 0 Å². The molecule has 1 heterocycles. The summed E-state index contributed by atoms with van der Waals surface area (Å²) in [5.74, 6) is 0. The molecule has 1 saturated carbocycles. The lowest BCUT2D eigenvalue weighted by molar-refractivity contribution is 0.0731. The van der Waals surface area contributed by atoms with Crippen LogP contribution in [0.25, 0.3) is 0 Å². The highest BCUT2D eigenvalue weighted by Gasteiger charge is 2.30. The van der Waals surface area contributed by atoms with Crippen molar-refractivity contribution in [2.24, 2.45) is 0 Å². The first-order chi connectivity index (χ1) is 9.70. The van der Waals surface area contributed by atoms with Crippen molar-refractivity contribution in [2.45, 2.75) is 44.2 Å². The maximum atomic E-state index is 3.58. The Morgan fingerprint density at radius 3 is 2.35 bits per heavy atom. The minimum Gasteiger partial charge on any atom is -0.315 e. The first kappa shape index (κ1) is 16.2. The van der Waals surface area contributed by atoms with E-state index in [0.717, 1.165) is 6.04 Å².